The van der Waals surface area contributed by atoms with Gasteiger partial charge in [0.05, 0.1) is 0 Å². The number of carbonyl (C=O) groups is 1. The highest BCUT2D eigenvalue weighted by Gasteiger charge is 2.42. The van der Waals surface area contributed by atoms with Gasteiger partial charge in [-0.15, -0.1) is 0 Å². The van der Waals surface area contributed by atoms with Gasteiger partial charge in [-0.3, -0.25) is 4.79 Å². The number of amides is 1. The molecule has 0 unspecified atom stereocenters. The lowest BCUT2D eigenvalue weighted by Gasteiger charge is -2.45. The molecule has 0 rings (SSSR count). The molecule has 0 aromatic heterocycles. The third-order valence-electron chi connectivity index (χ3n) is 6.44. The van der Waals surface area contributed by atoms with Crippen LogP contribution in [0.2, 0.25) is 0 Å². The SMILES string of the molecule is CC(C)C(C)(C)CC(C)(C)NC(=O)C(C)(C)CC(C)(C)C(C)(C)C. The van der Waals surface area contributed by atoms with Crippen molar-refractivity contribution in [3.05, 3.63) is 0 Å². The van der Waals surface area contributed by atoms with Gasteiger partial charge in [0.1, 0.15) is 0 Å². The van der Waals surface area contributed by atoms with Crippen LogP contribution in [0.4, 0.5) is 0 Å². The molecule has 2 nitrogen and oxygen atoms in total. The predicted octanol–water partition coefficient (Wildman–Crippen LogP) is 6.44. The first-order valence-electron chi connectivity index (χ1n) is 9.56. The monoisotopic (exact) mass is 339 g/mol. The molecule has 0 bridgehead atoms. The lowest BCUT2D eigenvalue weighted by molar-refractivity contribution is -0.134. The summed E-state index contributed by atoms with van der Waals surface area (Å²) in [4.78, 5) is 13.0. The van der Waals surface area contributed by atoms with Crippen LogP contribution in [0.1, 0.15) is 103 Å². The van der Waals surface area contributed by atoms with Gasteiger partial charge >= 0.3 is 0 Å². The normalized spacial score (nSPS) is 14.9. The lowest BCUT2D eigenvalue weighted by Crippen LogP contribution is -2.52. The van der Waals surface area contributed by atoms with E-state index >= 15 is 0 Å². The van der Waals surface area contributed by atoms with Crippen LogP contribution in [0.15, 0.2) is 0 Å². The van der Waals surface area contributed by atoms with Crippen LogP contribution in [0.5, 0.6) is 0 Å². The van der Waals surface area contributed by atoms with Crippen molar-refractivity contribution < 1.29 is 4.79 Å². The molecule has 0 radical (unpaired) electrons. The zero-order valence-electron chi connectivity index (χ0n) is 18.9. The quantitative estimate of drug-likeness (QED) is 0.568. The molecule has 0 aromatic carbocycles. The second-order valence-corrected chi connectivity index (χ2v) is 11.9. The summed E-state index contributed by atoms with van der Waals surface area (Å²) in [5, 5.41) is 3.34. The molecule has 0 heterocycles. The highest BCUT2D eigenvalue weighted by Crippen LogP contribution is 2.46. The zero-order valence-corrected chi connectivity index (χ0v) is 18.9. The maximum atomic E-state index is 13.0. The van der Waals surface area contributed by atoms with Gasteiger partial charge in [-0.05, 0) is 48.9 Å². The van der Waals surface area contributed by atoms with Crippen LogP contribution in [-0.4, -0.2) is 11.4 Å². The van der Waals surface area contributed by atoms with E-state index in [1.807, 2.05) is 0 Å². The second-order valence-electron chi connectivity index (χ2n) is 11.9. The molecule has 144 valence electrons. The first-order valence-corrected chi connectivity index (χ1v) is 9.56. The van der Waals surface area contributed by atoms with E-state index in [1.54, 1.807) is 0 Å². The van der Waals surface area contributed by atoms with Gasteiger partial charge in [0, 0.05) is 11.0 Å². The van der Waals surface area contributed by atoms with Gasteiger partial charge in [0.15, 0.2) is 0 Å². The molecule has 0 aliphatic heterocycles. The number of hydrogen-bond donors (Lipinski definition) is 1. The lowest BCUT2D eigenvalue weighted by atomic mass is 9.62. The summed E-state index contributed by atoms with van der Waals surface area (Å²) in [6.45, 7) is 28.9. The number of hydrogen-bond acceptors (Lipinski definition) is 1. The largest absolute Gasteiger partial charge is 0.351 e. The summed E-state index contributed by atoms with van der Waals surface area (Å²) in [5.41, 5.74) is -0.121. The van der Waals surface area contributed by atoms with Crippen molar-refractivity contribution in [2.24, 2.45) is 27.6 Å². The van der Waals surface area contributed by atoms with Crippen LogP contribution in [0.25, 0.3) is 0 Å². The minimum absolute atomic E-state index is 0.0924. The number of nitrogens with one attached hydrogen (secondary N) is 1. The van der Waals surface area contributed by atoms with E-state index in [4.69, 9.17) is 0 Å². The molecule has 2 heteroatoms. The van der Waals surface area contributed by atoms with Gasteiger partial charge in [-0.1, -0.05) is 76.2 Å². The van der Waals surface area contributed by atoms with Crippen LogP contribution in [0.3, 0.4) is 0 Å². The summed E-state index contributed by atoms with van der Waals surface area (Å²) in [7, 11) is 0. The van der Waals surface area contributed by atoms with Crippen LogP contribution >= 0.6 is 0 Å². The molecule has 0 saturated heterocycles. The van der Waals surface area contributed by atoms with Crippen molar-refractivity contribution in [3.8, 4) is 0 Å². The van der Waals surface area contributed by atoms with Crippen molar-refractivity contribution >= 4 is 5.91 Å². The molecule has 0 saturated carbocycles. The minimum atomic E-state index is -0.379. The topological polar surface area (TPSA) is 29.1 Å². The van der Waals surface area contributed by atoms with Crippen molar-refractivity contribution in [2.75, 3.05) is 0 Å². The molecular weight excluding hydrogens is 294 g/mol. The molecule has 1 amide bonds. The Morgan fingerprint density at radius 3 is 1.54 bits per heavy atom. The Hall–Kier alpha value is -0.530. The van der Waals surface area contributed by atoms with Crippen molar-refractivity contribution in [3.63, 3.8) is 0 Å². The van der Waals surface area contributed by atoms with Crippen molar-refractivity contribution in [1.82, 2.24) is 5.32 Å². The standard InChI is InChI=1S/C22H45NO/c1-16(2)19(6,7)15-22(12,13)23-17(24)20(8,9)14-21(10,11)18(3,4)5/h16H,14-15H2,1-13H3,(H,23,24). The summed E-state index contributed by atoms with van der Waals surface area (Å²) in [5.74, 6) is 0.755. The summed E-state index contributed by atoms with van der Waals surface area (Å²) in [6.07, 6.45) is 1.85. The molecule has 0 aliphatic carbocycles. The van der Waals surface area contributed by atoms with E-state index in [9.17, 15) is 4.79 Å². The van der Waals surface area contributed by atoms with E-state index in [1.165, 1.54) is 0 Å². The Balaban J connectivity index is 5.15. The Morgan fingerprint density at radius 1 is 0.792 bits per heavy atom. The van der Waals surface area contributed by atoms with Gasteiger partial charge in [-0.2, -0.15) is 0 Å². The number of rotatable bonds is 7. The summed E-state index contributed by atoms with van der Waals surface area (Å²) < 4.78 is 0. The van der Waals surface area contributed by atoms with E-state index in [0.29, 0.717) is 5.92 Å². The first kappa shape index (κ1) is 23.5. The molecule has 0 aliphatic rings. The van der Waals surface area contributed by atoms with Crippen molar-refractivity contribution in [1.29, 1.82) is 0 Å². The first-order chi connectivity index (χ1) is 10.2. The molecule has 0 fully saturated rings. The number of carbonyl (C=O) groups excluding carboxylic acids is 1. The van der Waals surface area contributed by atoms with Gasteiger partial charge < -0.3 is 5.32 Å². The molecule has 0 spiro atoms. The second kappa shape index (κ2) is 7.00. The van der Waals surface area contributed by atoms with Gasteiger partial charge in [-0.25, -0.2) is 0 Å². The van der Waals surface area contributed by atoms with Crippen molar-refractivity contribution in [2.45, 2.75) is 108 Å². The molecular formula is C22H45NO. The molecule has 0 aromatic rings. The minimum Gasteiger partial charge on any atom is -0.351 e. The van der Waals surface area contributed by atoms with E-state index in [0.717, 1.165) is 12.8 Å². The maximum absolute atomic E-state index is 13.0. The average molecular weight is 340 g/mol. The van der Waals surface area contributed by atoms with E-state index < -0.39 is 0 Å². The van der Waals surface area contributed by atoms with Gasteiger partial charge in [0.2, 0.25) is 5.91 Å². The smallest absolute Gasteiger partial charge is 0.226 e. The fourth-order valence-electron chi connectivity index (χ4n) is 3.31. The average Bonchev–Trinajstić information content (AvgIpc) is 2.22. The third-order valence-corrected chi connectivity index (χ3v) is 6.44. The molecule has 24 heavy (non-hydrogen) atoms. The third kappa shape index (κ3) is 6.41. The van der Waals surface area contributed by atoms with Crippen LogP contribution in [-0.2, 0) is 4.79 Å². The maximum Gasteiger partial charge on any atom is 0.226 e. The van der Waals surface area contributed by atoms with Crippen LogP contribution in [0, 0.1) is 27.6 Å². The van der Waals surface area contributed by atoms with Gasteiger partial charge in [0.25, 0.3) is 0 Å². The molecule has 1 N–H and O–H groups in total. The van der Waals surface area contributed by atoms with Crippen LogP contribution < -0.4 is 5.32 Å². The fourth-order valence-corrected chi connectivity index (χ4v) is 3.31. The Kier molecular flexibility index (Phi) is 6.84. The fraction of sp³-hybridized carbons (Fsp3) is 0.955. The highest BCUT2D eigenvalue weighted by molar-refractivity contribution is 5.82. The highest BCUT2D eigenvalue weighted by atomic mass is 16.2. The predicted molar refractivity (Wildman–Crippen MR) is 107 cm³/mol. The Labute approximate surface area is 152 Å². The zero-order chi connectivity index (χ0) is 19.8. The molecule has 0 atom stereocenters. The van der Waals surface area contributed by atoms with E-state index in [2.05, 4.69) is 95.3 Å². The van der Waals surface area contributed by atoms with E-state index in [-0.39, 0.29) is 33.1 Å². The Bertz CT molecular complexity index is 433. The summed E-state index contributed by atoms with van der Waals surface area (Å²) in [6, 6.07) is 0. The Morgan fingerprint density at radius 2 is 1.21 bits per heavy atom. The summed E-state index contributed by atoms with van der Waals surface area (Å²) >= 11 is 0.